The summed E-state index contributed by atoms with van der Waals surface area (Å²) in [5.74, 6) is 0.627. The number of nitrogens with zero attached hydrogens (tertiary/aromatic N) is 3. The lowest BCUT2D eigenvalue weighted by Gasteiger charge is -2.19. The van der Waals surface area contributed by atoms with Crippen molar-refractivity contribution in [3.8, 4) is 11.5 Å². The smallest absolute Gasteiger partial charge is 0.340 e. The molecule has 0 radical (unpaired) electrons. The van der Waals surface area contributed by atoms with E-state index >= 15 is 0 Å². The minimum atomic E-state index is -4.47. The predicted molar refractivity (Wildman–Crippen MR) is 116 cm³/mol. The second-order valence-corrected chi connectivity index (χ2v) is 8.29. The Hall–Kier alpha value is -3.48. The summed E-state index contributed by atoms with van der Waals surface area (Å²) in [5.41, 5.74) is 1.93. The van der Waals surface area contributed by atoms with E-state index in [2.05, 4.69) is 41.0 Å². The highest BCUT2D eigenvalue weighted by Gasteiger charge is 2.31. The Balaban J connectivity index is 1.77. The van der Waals surface area contributed by atoms with Gasteiger partial charge in [-0.1, -0.05) is 45.0 Å². The number of rotatable bonds is 3. The van der Waals surface area contributed by atoms with Gasteiger partial charge in [0, 0.05) is 17.3 Å². The van der Waals surface area contributed by atoms with Crippen LogP contribution in [-0.2, 0) is 11.6 Å². The first-order valence-corrected chi connectivity index (χ1v) is 9.79. The van der Waals surface area contributed by atoms with Gasteiger partial charge in [-0.2, -0.15) is 13.2 Å². The molecule has 2 aromatic carbocycles. The van der Waals surface area contributed by atoms with Crippen molar-refractivity contribution < 1.29 is 13.2 Å². The molecule has 0 amide bonds. The van der Waals surface area contributed by atoms with Crippen molar-refractivity contribution in [1.29, 1.82) is 0 Å². The van der Waals surface area contributed by atoms with Gasteiger partial charge in [-0.15, -0.1) is 0 Å². The van der Waals surface area contributed by atoms with E-state index in [1.165, 1.54) is 5.56 Å². The summed E-state index contributed by atoms with van der Waals surface area (Å²) in [7, 11) is 0. The molecule has 2 aromatic heterocycles. The number of aromatic nitrogens is 3. The topological polar surface area (TPSA) is 50.7 Å². The van der Waals surface area contributed by atoms with E-state index in [-0.39, 0.29) is 16.9 Å². The minimum absolute atomic E-state index is 0.0302. The summed E-state index contributed by atoms with van der Waals surface area (Å²) < 4.78 is 39.4. The molecule has 2 heterocycles. The second kappa shape index (κ2) is 7.65. The van der Waals surface area contributed by atoms with Crippen LogP contribution in [0.5, 0.6) is 0 Å². The van der Waals surface area contributed by atoms with Crippen LogP contribution in [0.4, 0.5) is 24.7 Å². The monoisotopic (exact) mass is 422 g/mol. The maximum atomic E-state index is 13.1. The number of halogens is 3. The molecule has 1 N–H and O–H groups in total. The number of benzene rings is 2. The highest BCUT2D eigenvalue weighted by molar-refractivity contribution is 5.92. The van der Waals surface area contributed by atoms with Gasteiger partial charge in [-0.25, -0.2) is 9.97 Å². The van der Waals surface area contributed by atoms with Gasteiger partial charge in [0.25, 0.3) is 0 Å². The molecule has 158 valence electrons. The third-order valence-corrected chi connectivity index (χ3v) is 4.93. The number of anilines is 2. The highest BCUT2D eigenvalue weighted by atomic mass is 19.4. The van der Waals surface area contributed by atoms with Crippen molar-refractivity contribution >= 4 is 22.4 Å². The number of pyridine rings is 1. The quantitative estimate of drug-likeness (QED) is 0.397. The molecule has 31 heavy (non-hydrogen) atoms. The molecule has 4 rings (SSSR count). The summed E-state index contributed by atoms with van der Waals surface area (Å²) in [6.07, 6.45) is -3.35. The van der Waals surface area contributed by atoms with Crippen LogP contribution in [0.15, 0.2) is 66.9 Å². The lowest BCUT2D eigenvalue weighted by Crippen LogP contribution is -2.10. The normalized spacial score (nSPS) is 12.2. The molecule has 0 saturated carbocycles. The Kier molecular flexibility index (Phi) is 5.13. The molecule has 4 nitrogen and oxygen atoms in total. The van der Waals surface area contributed by atoms with Gasteiger partial charge >= 0.3 is 6.18 Å². The lowest BCUT2D eigenvalue weighted by atomic mass is 9.87. The molecule has 4 aromatic rings. The predicted octanol–water partition coefficient (Wildman–Crippen LogP) is 6.75. The molecule has 0 unspecified atom stereocenters. The third-order valence-electron chi connectivity index (χ3n) is 4.93. The molecule has 0 fully saturated rings. The maximum Gasteiger partial charge on any atom is 0.416 e. The number of hydrogen-bond acceptors (Lipinski definition) is 4. The molecule has 0 aliphatic carbocycles. The Morgan fingerprint density at radius 1 is 0.806 bits per heavy atom. The van der Waals surface area contributed by atoms with E-state index in [1.54, 1.807) is 6.07 Å². The minimum Gasteiger partial charge on any atom is -0.340 e. The first kappa shape index (κ1) is 20.8. The van der Waals surface area contributed by atoms with E-state index < -0.39 is 11.7 Å². The Labute approximate surface area is 178 Å². The van der Waals surface area contributed by atoms with Crippen LogP contribution in [-0.4, -0.2) is 15.0 Å². The van der Waals surface area contributed by atoms with Gasteiger partial charge in [0.05, 0.1) is 11.1 Å². The highest BCUT2D eigenvalue weighted by Crippen LogP contribution is 2.32. The molecular formula is C24H21F3N4. The third kappa shape index (κ3) is 4.50. The van der Waals surface area contributed by atoms with Crippen LogP contribution in [0.3, 0.4) is 0 Å². The van der Waals surface area contributed by atoms with E-state index in [0.29, 0.717) is 11.3 Å². The van der Waals surface area contributed by atoms with Crippen molar-refractivity contribution in [2.75, 3.05) is 5.32 Å². The van der Waals surface area contributed by atoms with Crippen LogP contribution >= 0.6 is 0 Å². The Morgan fingerprint density at radius 2 is 1.52 bits per heavy atom. The molecule has 0 saturated heterocycles. The van der Waals surface area contributed by atoms with Crippen LogP contribution in [0.1, 0.15) is 31.9 Å². The summed E-state index contributed by atoms with van der Waals surface area (Å²) in [4.78, 5) is 13.0. The molecule has 0 spiro atoms. The summed E-state index contributed by atoms with van der Waals surface area (Å²) in [5, 5.41) is 4.04. The van der Waals surface area contributed by atoms with Crippen LogP contribution in [0, 0.1) is 0 Å². The average molecular weight is 422 g/mol. The fraction of sp³-hybridized carbons (Fsp3) is 0.208. The van der Waals surface area contributed by atoms with Crippen molar-refractivity contribution in [2.24, 2.45) is 0 Å². The van der Waals surface area contributed by atoms with Crippen molar-refractivity contribution in [3.63, 3.8) is 0 Å². The van der Waals surface area contributed by atoms with Gasteiger partial charge in [0.2, 0.25) is 0 Å². The van der Waals surface area contributed by atoms with E-state index in [0.717, 1.165) is 29.4 Å². The molecule has 0 aliphatic heterocycles. The first-order valence-electron chi connectivity index (χ1n) is 9.79. The zero-order chi connectivity index (χ0) is 22.2. The molecule has 0 atom stereocenters. The second-order valence-electron chi connectivity index (χ2n) is 8.29. The van der Waals surface area contributed by atoms with Gasteiger partial charge in [0.1, 0.15) is 11.5 Å². The van der Waals surface area contributed by atoms with Gasteiger partial charge < -0.3 is 5.32 Å². The maximum absolute atomic E-state index is 13.1. The molecule has 0 bridgehead atoms. The lowest BCUT2D eigenvalue weighted by molar-refractivity contribution is -0.137. The average Bonchev–Trinajstić information content (AvgIpc) is 2.73. The first-order chi connectivity index (χ1) is 14.6. The number of nitrogens with one attached hydrogen (secondary N) is 1. The SMILES string of the molecule is CC(C)(C)c1ccc(Nc2nc(-c3cc(C(F)(F)F)ccn3)nc3ccccc23)cc1. The van der Waals surface area contributed by atoms with Crippen LogP contribution in [0.2, 0.25) is 0 Å². The van der Waals surface area contributed by atoms with Crippen molar-refractivity contribution in [3.05, 3.63) is 78.0 Å². The van der Waals surface area contributed by atoms with Gasteiger partial charge in [-0.05, 0) is 47.4 Å². The van der Waals surface area contributed by atoms with Crippen LogP contribution < -0.4 is 5.32 Å². The standard InChI is InChI=1S/C24H21F3N4/c1-23(2,3)15-8-10-17(11-9-15)29-21-18-6-4-5-7-19(18)30-22(31-21)20-14-16(12-13-28-20)24(25,26)27/h4-14H,1-3H3,(H,29,30,31). The van der Waals surface area contributed by atoms with Gasteiger partial charge in [0.15, 0.2) is 5.82 Å². The molecular weight excluding hydrogens is 401 g/mol. The van der Waals surface area contributed by atoms with Crippen LogP contribution in [0.25, 0.3) is 22.4 Å². The molecule has 0 aliphatic rings. The Morgan fingerprint density at radius 3 is 2.19 bits per heavy atom. The number of alkyl halides is 3. The fourth-order valence-corrected chi connectivity index (χ4v) is 3.21. The molecule has 7 heteroatoms. The summed E-state index contributed by atoms with van der Waals surface area (Å²) in [6, 6.07) is 17.2. The summed E-state index contributed by atoms with van der Waals surface area (Å²) >= 11 is 0. The number of fused-ring (bicyclic) bond motifs is 1. The number of para-hydroxylation sites is 1. The fourth-order valence-electron chi connectivity index (χ4n) is 3.21. The number of hydrogen-bond donors (Lipinski definition) is 1. The van der Waals surface area contributed by atoms with E-state index in [9.17, 15) is 13.2 Å². The zero-order valence-corrected chi connectivity index (χ0v) is 17.3. The van der Waals surface area contributed by atoms with Crippen molar-refractivity contribution in [2.45, 2.75) is 32.4 Å². The summed E-state index contributed by atoms with van der Waals surface area (Å²) in [6.45, 7) is 6.42. The van der Waals surface area contributed by atoms with E-state index in [4.69, 9.17) is 0 Å². The zero-order valence-electron chi connectivity index (χ0n) is 17.3. The van der Waals surface area contributed by atoms with Gasteiger partial charge in [-0.3, -0.25) is 4.98 Å². The van der Waals surface area contributed by atoms with Crippen molar-refractivity contribution in [1.82, 2.24) is 15.0 Å². The van der Waals surface area contributed by atoms with E-state index in [1.807, 2.05) is 42.5 Å². The Bertz CT molecular complexity index is 1230. The largest absolute Gasteiger partial charge is 0.416 e.